The maximum Gasteiger partial charge on any atom is 0.122 e. The van der Waals surface area contributed by atoms with Crippen molar-refractivity contribution >= 4 is 0 Å². The molecule has 0 heterocycles. The molecule has 0 fully saturated rings. The van der Waals surface area contributed by atoms with Gasteiger partial charge in [0.2, 0.25) is 0 Å². The molecule has 1 aromatic carbocycles. The molecular weight excluding hydrogens is 216 g/mol. The smallest absolute Gasteiger partial charge is 0.122 e. The molecule has 0 bridgehead atoms. The van der Waals surface area contributed by atoms with Crippen LogP contribution in [0.25, 0.3) is 0 Å². The zero-order valence-corrected chi connectivity index (χ0v) is 10.4. The first kappa shape index (κ1) is 14.0. The van der Waals surface area contributed by atoms with Crippen molar-refractivity contribution in [2.75, 3.05) is 26.2 Å². The lowest BCUT2D eigenvalue weighted by molar-refractivity contribution is 0.106. The molecule has 1 unspecified atom stereocenters. The molecule has 0 amide bonds. The Hall–Kier alpha value is -1.10. The maximum absolute atomic E-state index is 9.67. The second-order valence-corrected chi connectivity index (χ2v) is 3.92. The van der Waals surface area contributed by atoms with Gasteiger partial charge in [-0.15, -0.1) is 0 Å². The molecule has 4 N–H and O–H groups in total. The third-order valence-electron chi connectivity index (χ3n) is 2.49. The largest absolute Gasteiger partial charge is 0.491 e. The molecule has 1 atom stereocenters. The second kappa shape index (κ2) is 8.06. The molecule has 1 rings (SSSR count). The van der Waals surface area contributed by atoms with Crippen LogP contribution in [0.1, 0.15) is 12.5 Å². The lowest BCUT2D eigenvalue weighted by Crippen LogP contribution is -2.34. The van der Waals surface area contributed by atoms with Crippen molar-refractivity contribution in [3.63, 3.8) is 0 Å². The van der Waals surface area contributed by atoms with E-state index >= 15 is 0 Å². The molecule has 0 radical (unpaired) electrons. The summed E-state index contributed by atoms with van der Waals surface area (Å²) < 4.78 is 5.60. The monoisotopic (exact) mass is 238 g/mol. The predicted octanol–water partition coefficient (Wildman–Crippen LogP) is 0.537. The number of hydrogen-bond acceptors (Lipinski definition) is 4. The average Bonchev–Trinajstić information content (AvgIpc) is 2.37. The highest BCUT2D eigenvalue weighted by Gasteiger charge is 2.06. The first-order chi connectivity index (χ1) is 8.27. The minimum atomic E-state index is -0.508. The second-order valence-electron chi connectivity index (χ2n) is 3.92. The molecule has 4 nitrogen and oxygen atoms in total. The summed E-state index contributed by atoms with van der Waals surface area (Å²) in [4.78, 5) is 0. The number of aryl methyl sites for hydroxylation is 1. The van der Waals surface area contributed by atoms with Gasteiger partial charge in [-0.3, -0.25) is 0 Å². The van der Waals surface area contributed by atoms with E-state index < -0.39 is 6.10 Å². The third-order valence-corrected chi connectivity index (χ3v) is 2.49. The molecule has 1 aromatic rings. The maximum atomic E-state index is 9.67. The van der Waals surface area contributed by atoms with Crippen LogP contribution >= 0.6 is 0 Å². The van der Waals surface area contributed by atoms with E-state index in [4.69, 9.17) is 10.5 Å². The van der Waals surface area contributed by atoms with Gasteiger partial charge in [-0.1, -0.05) is 25.1 Å². The van der Waals surface area contributed by atoms with E-state index in [9.17, 15) is 5.11 Å². The van der Waals surface area contributed by atoms with Crippen molar-refractivity contribution in [1.82, 2.24) is 5.32 Å². The number of ether oxygens (including phenoxy) is 1. The van der Waals surface area contributed by atoms with Gasteiger partial charge in [-0.2, -0.15) is 0 Å². The van der Waals surface area contributed by atoms with Gasteiger partial charge in [0.05, 0.1) is 0 Å². The summed E-state index contributed by atoms with van der Waals surface area (Å²) in [5.41, 5.74) is 6.50. The van der Waals surface area contributed by atoms with Crippen LogP contribution in [0.2, 0.25) is 0 Å². The molecular formula is C13H22N2O2. The van der Waals surface area contributed by atoms with E-state index in [0.29, 0.717) is 26.2 Å². The van der Waals surface area contributed by atoms with E-state index in [1.807, 2.05) is 24.3 Å². The SMILES string of the molecule is CCc1ccccc1OCC(O)CNCCN. The first-order valence-corrected chi connectivity index (χ1v) is 6.07. The van der Waals surface area contributed by atoms with Crippen LogP contribution in [0.5, 0.6) is 5.75 Å². The number of rotatable bonds is 8. The first-order valence-electron chi connectivity index (χ1n) is 6.07. The highest BCUT2D eigenvalue weighted by Crippen LogP contribution is 2.18. The molecule has 0 saturated heterocycles. The zero-order chi connectivity index (χ0) is 12.5. The molecule has 0 aliphatic carbocycles. The Balaban J connectivity index is 2.33. The van der Waals surface area contributed by atoms with E-state index in [1.165, 1.54) is 0 Å². The Kier molecular flexibility index (Phi) is 6.62. The fourth-order valence-corrected chi connectivity index (χ4v) is 1.55. The fourth-order valence-electron chi connectivity index (χ4n) is 1.55. The predicted molar refractivity (Wildman–Crippen MR) is 69.2 cm³/mol. The van der Waals surface area contributed by atoms with Crippen molar-refractivity contribution in [2.24, 2.45) is 5.73 Å². The Labute approximate surface area is 103 Å². The summed E-state index contributed by atoms with van der Waals surface area (Å²) in [5.74, 6) is 0.855. The van der Waals surface area contributed by atoms with E-state index in [2.05, 4.69) is 12.2 Å². The summed E-state index contributed by atoms with van der Waals surface area (Å²) in [6.07, 6.45) is 0.420. The zero-order valence-electron chi connectivity index (χ0n) is 10.4. The van der Waals surface area contributed by atoms with Crippen molar-refractivity contribution in [3.05, 3.63) is 29.8 Å². The van der Waals surface area contributed by atoms with Crippen LogP contribution in [0, 0.1) is 0 Å². The van der Waals surface area contributed by atoms with Crippen molar-refractivity contribution in [2.45, 2.75) is 19.4 Å². The Bertz CT molecular complexity index is 318. The van der Waals surface area contributed by atoms with Crippen LogP contribution in [0.3, 0.4) is 0 Å². The summed E-state index contributed by atoms with van der Waals surface area (Å²) >= 11 is 0. The van der Waals surface area contributed by atoms with Crippen LogP contribution in [-0.2, 0) is 6.42 Å². The Morgan fingerprint density at radius 2 is 2.18 bits per heavy atom. The minimum Gasteiger partial charge on any atom is -0.491 e. The lowest BCUT2D eigenvalue weighted by atomic mass is 10.1. The standard InChI is InChI=1S/C13H22N2O2/c1-2-11-5-3-4-6-13(11)17-10-12(16)9-15-8-7-14/h3-6,12,15-16H,2,7-10,14H2,1H3. The fraction of sp³-hybridized carbons (Fsp3) is 0.538. The van der Waals surface area contributed by atoms with Gasteiger partial charge in [0, 0.05) is 19.6 Å². The van der Waals surface area contributed by atoms with E-state index in [0.717, 1.165) is 17.7 Å². The molecule has 17 heavy (non-hydrogen) atoms. The average molecular weight is 238 g/mol. The van der Waals surface area contributed by atoms with Gasteiger partial charge in [0.25, 0.3) is 0 Å². The van der Waals surface area contributed by atoms with Crippen LogP contribution in [0.4, 0.5) is 0 Å². The number of aliphatic hydroxyl groups is 1. The lowest BCUT2D eigenvalue weighted by Gasteiger charge is -2.14. The number of para-hydroxylation sites is 1. The van der Waals surface area contributed by atoms with Gasteiger partial charge in [-0.05, 0) is 18.1 Å². The normalized spacial score (nSPS) is 12.4. The van der Waals surface area contributed by atoms with Gasteiger partial charge in [0.1, 0.15) is 18.5 Å². The molecule has 0 spiro atoms. The van der Waals surface area contributed by atoms with Crippen LogP contribution < -0.4 is 15.8 Å². The summed E-state index contributed by atoms with van der Waals surface area (Å²) in [5, 5.41) is 12.7. The van der Waals surface area contributed by atoms with Crippen molar-refractivity contribution < 1.29 is 9.84 Å². The number of benzene rings is 1. The molecule has 4 heteroatoms. The highest BCUT2D eigenvalue weighted by atomic mass is 16.5. The Morgan fingerprint density at radius 3 is 2.88 bits per heavy atom. The number of hydrogen-bond donors (Lipinski definition) is 3. The molecule has 0 saturated carbocycles. The molecule has 0 aliphatic rings. The highest BCUT2D eigenvalue weighted by molar-refractivity contribution is 5.33. The van der Waals surface area contributed by atoms with Gasteiger partial charge >= 0.3 is 0 Å². The van der Waals surface area contributed by atoms with E-state index in [-0.39, 0.29) is 0 Å². The summed E-state index contributed by atoms with van der Waals surface area (Å²) in [7, 11) is 0. The summed E-state index contributed by atoms with van der Waals surface area (Å²) in [6.45, 7) is 4.18. The number of nitrogens with one attached hydrogen (secondary N) is 1. The van der Waals surface area contributed by atoms with Crippen molar-refractivity contribution in [1.29, 1.82) is 0 Å². The number of aliphatic hydroxyl groups excluding tert-OH is 1. The van der Waals surface area contributed by atoms with Gasteiger partial charge < -0.3 is 20.9 Å². The Morgan fingerprint density at radius 1 is 1.41 bits per heavy atom. The van der Waals surface area contributed by atoms with Gasteiger partial charge in [0.15, 0.2) is 0 Å². The quantitative estimate of drug-likeness (QED) is 0.578. The molecule has 0 aromatic heterocycles. The van der Waals surface area contributed by atoms with Gasteiger partial charge in [-0.25, -0.2) is 0 Å². The van der Waals surface area contributed by atoms with Crippen molar-refractivity contribution in [3.8, 4) is 5.75 Å². The van der Waals surface area contributed by atoms with Crippen LogP contribution in [-0.4, -0.2) is 37.5 Å². The third kappa shape index (κ3) is 5.17. The van der Waals surface area contributed by atoms with Crippen LogP contribution in [0.15, 0.2) is 24.3 Å². The molecule has 96 valence electrons. The minimum absolute atomic E-state index is 0.300. The topological polar surface area (TPSA) is 67.5 Å². The summed E-state index contributed by atoms with van der Waals surface area (Å²) in [6, 6.07) is 7.89. The van der Waals surface area contributed by atoms with E-state index in [1.54, 1.807) is 0 Å². The molecule has 0 aliphatic heterocycles. The number of nitrogens with two attached hydrogens (primary N) is 1.